The highest BCUT2D eigenvalue weighted by Crippen LogP contribution is 2.36. The zero-order chi connectivity index (χ0) is 12.3. The minimum atomic E-state index is 0.285. The number of hydrogen-bond acceptors (Lipinski definition) is 4. The van der Waals surface area contributed by atoms with Gasteiger partial charge in [-0.1, -0.05) is 6.92 Å². The maximum Gasteiger partial charge on any atom is 0.0321 e. The Morgan fingerprint density at radius 1 is 1.47 bits per heavy atom. The van der Waals surface area contributed by atoms with Gasteiger partial charge in [0.15, 0.2) is 0 Å². The highest BCUT2D eigenvalue weighted by atomic mass is 79.9. The Balaban J connectivity index is 1.98. The summed E-state index contributed by atoms with van der Waals surface area (Å²) in [7, 11) is 0. The van der Waals surface area contributed by atoms with Gasteiger partial charge in [0.05, 0.1) is 0 Å². The van der Waals surface area contributed by atoms with Gasteiger partial charge in [0.2, 0.25) is 0 Å². The molecule has 0 amide bonds. The van der Waals surface area contributed by atoms with E-state index in [0.29, 0.717) is 5.25 Å². The lowest BCUT2D eigenvalue weighted by Gasteiger charge is -2.34. The first-order chi connectivity index (χ1) is 8.22. The van der Waals surface area contributed by atoms with Crippen molar-refractivity contribution in [2.45, 2.75) is 36.3 Å². The van der Waals surface area contributed by atoms with Gasteiger partial charge < -0.3 is 5.73 Å². The molecule has 3 atom stereocenters. The van der Waals surface area contributed by atoms with Crippen LogP contribution in [-0.4, -0.2) is 28.0 Å². The lowest BCUT2D eigenvalue weighted by atomic mass is 10.1. The van der Waals surface area contributed by atoms with Gasteiger partial charge in [-0.25, -0.2) is 0 Å². The molecule has 1 aliphatic rings. The molecular formula is C12H18BrNS3. The van der Waals surface area contributed by atoms with Crippen molar-refractivity contribution in [1.29, 1.82) is 0 Å². The lowest BCUT2D eigenvalue weighted by molar-refractivity contribution is 0.600. The van der Waals surface area contributed by atoms with E-state index in [4.69, 9.17) is 5.73 Å². The molecule has 0 aliphatic carbocycles. The Bertz CT molecular complexity index is 355. The highest BCUT2D eigenvalue weighted by Gasteiger charge is 2.30. The number of thioether (sulfide) groups is 2. The zero-order valence-electron chi connectivity index (χ0n) is 9.90. The van der Waals surface area contributed by atoms with Crippen LogP contribution in [0.5, 0.6) is 0 Å². The Morgan fingerprint density at radius 3 is 2.88 bits per heavy atom. The molecule has 3 unspecified atom stereocenters. The first-order valence-electron chi connectivity index (χ1n) is 5.93. The molecule has 1 saturated heterocycles. The second kappa shape index (κ2) is 6.85. The molecule has 0 aromatic carbocycles. The number of rotatable bonds is 4. The summed E-state index contributed by atoms with van der Waals surface area (Å²) in [5, 5.41) is 3.49. The molecule has 0 radical (unpaired) electrons. The van der Waals surface area contributed by atoms with Crippen LogP contribution in [0.2, 0.25) is 0 Å². The third-order valence-electron chi connectivity index (χ3n) is 3.03. The fourth-order valence-corrected chi connectivity index (χ4v) is 6.92. The number of halogens is 1. The van der Waals surface area contributed by atoms with E-state index in [-0.39, 0.29) is 6.04 Å². The molecule has 1 nitrogen and oxygen atoms in total. The van der Waals surface area contributed by atoms with E-state index in [2.05, 4.69) is 57.8 Å². The Labute approximate surface area is 124 Å². The molecule has 0 saturated carbocycles. The van der Waals surface area contributed by atoms with Gasteiger partial charge in [-0.2, -0.15) is 23.5 Å². The van der Waals surface area contributed by atoms with E-state index < -0.39 is 0 Å². The fraction of sp³-hybridized carbons (Fsp3) is 0.667. The Kier molecular flexibility index (Phi) is 5.74. The Hall–Kier alpha value is 0.840. The molecule has 1 aromatic heterocycles. The van der Waals surface area contributed by atoms with E-state index >= 15 is 0 Å². The normalized spacial score (nSPS) is 27.0. The number of thiophene rings is 1. The van der Waals surface area contributed by atoms with Crippen LogP contribution in [0.1, 0.15) is 18.2 Å². The monoisotopic (exact) mass is 351 g/mol. The molecule has 1 aliphatic heterocycles. The first kappa shape index (κ1) is 14.3. The predicted molar refractivity (Wildman–Crippen MR) is 86.5 cm³/mol. The summed E-state index contributed by atoms with van der Waals surface area (Å²) in [6, 6.07) is 2.40. The third kappa shape index (κ3) is 3.66. The predicted octanol–water partition coefficient (Wildman–Crippen LogP) is 4.01. The molecule has 2 rings (SSSR count). The summed E-state index contributed by atoms with van der Waals surface area (Å²) < 4.78 is 1.22. The summed E-state index contributed by atoms with van der Waals surface area (Å²) >= 11 is 9.58. The number of nitrogens with two attached hydrogens (primary N) is 1. The summed E-state index contributed by atoms with van der Waals surface area (Å²) in [5.74, 6) is 2.54. The van der Waals surface area contributed by atoms with E-state index in [9.17, 15) is 0 Å². The van der Waals surface area contributed by atoms with E-state index in [1.54, 1.807) is 0 Å². The van der Waals surface area contributed by atoms with Crippen LogP contribution in [0.3, 0.4) is 0 Å². The quantitative estimate of drug-likeness (QED) is 0.887. The number of hydrogen-bond donors (Lipinski definition) is 1. The van der Waals surface area contributed by atoms with Gasteiger partial charge in [-0.05, 0) is 40.2 Å². The lowest BCUT2D eigenvalue weighted by Crippen LogP contribution is -2.42. The molecule has 2 N–H and O–H groups in total. The molecule has 0 bridgehead atoms. The second-order valence-corrected chi connectivity index (χ2v) is 8.70. The van der Waals surface area contributed by atoms with Gasteiger partial charge >= 0.3 is 0 Å². The maximum absolute atomic E-state index is 6.43. The molecule has 1 aromatic rings. The van der Waals surface area contributed by atoms with Crippen LogP contribution in [0.4, 0.5) is 0 Å². The standard InChI is InChI=1S/C12H18BrNS3/c1-2-10-12(17-6-5-16-10)9(14)7-11-8(13)3-4-15-11/h3-4,9-10,12H,2,5-7,14H2,1H3. The van der Waals surface area contributed by atoms with Crippen LogP contribution in [0.15, 0.2) is 15.9 Å². The van der Waals surface area contributed by atoms with Gasteiger partial charge in [-0.3, -0.25) is 0 Å². The van der Waals surface area contributed by atoms with Crippen LogP contribution >= 0.6 is 50.8 Å². The molecular weight excluding hydrogens is 334 g/mol. The van der Waals surface area contributed by atoms with Crippen molar-refractivity contribution in [3.63, 3.8) is 0 Å². The van der Waals surface area contributed by atoms with Crippen LogP contribution in [0.25, 0.3) is 0 Å². The summed E-state index contributed by atoms with van der Waals surface area (Å²) in [6.07, 6.45) is 2.24. The average molecular weight is 352 g/mol. The topological polar surface area (TPSA) is 26.0 Å². The van der Waals surface area contributed by atoms with Crippen LogP contribution in [-0.2, 0) is 6.42 Å². The molecule has 17 heavy (non-hydrogen) atoms. The summed E-state index contributed by atoms with van der Waals surface area (Å²) in [5.41, 5.74) is 6.43. The molecule has 96 valence electrons. The maximum atomic E-state index is 6.43. The SMILES string of the molecule is CCC1SCCSC1C(N)Cc1sccc1Br. The molecule has 0 spiro atoms. The third-order valence-corrected chi connectivity index (χ3v) is 8.41. The Morgan fingerprint density at radius 2 is 2.24 bits per heavy atom. The van der Waals surface area contributed by atoms with Crippen molar-refractivity contribution in [3.8, 4) is 0 Å². The van der Waals surface area contributed by atoms with E-state index in [1.807, 2.05) is 11.3 Å². The van der Waals surface area contributed by atoms with Gasteiger partial charge in [0.25, 0.3) is 0 Å². The van der Waals surface area contributed by atoms with Crippen molar-refractivity contribution in [3.05, 3.63) is 20.8 Å². The van der Waals surface area contributed by atoms with E-state index in [1.165, 1.54) is 27.3 Å². The van der Waals surface area contributed by atoms with E-state index in [0.717, 1.165) is 11.7 Å². The van der Waals surface area contributed by atoms with Gasteiger partial charge in [-0.15, -0.1) is 11.3 Å². The van der Waals surface area contributed by atoms with Crippen molar-refractivity contribution in [2.24, 2.45) is 5.73 Å². The van der Waals surface area contributed by atoms with Crippen LogP contribution < -0.4 is 5.73 Å². The van der Waals surface area contributed by atoms with Gasteiger partial charge in [0.1, 0.15) is 0 Å². The van der Waals surface area contributed by atoms with Crippen molar-refractivity contribution < 1.29 is 0 Å². The zero-order valence-corrected chi connectivity index (χ0v) is 13.9. The highest BCUT2D eigenvalue weighted by molar-refractivity contribution is 9.10. The fourth-order valence-electron chi connectivity index (χ4n) is 2.14. The summed E-state index contributed by atoms with van der Waals surface area (Å²) in [4.78, 5) is 1.39. The molecule has 2 heterocycles. The molecule has 5 heteroatoms. The van der Waals surface area contributed by atoms with Crippen LogP contribution in [0, 0.1) is 0 Å². The van der Waals surface area contributed by atoms with Crippen molar-refractivity contribution >= 4 is 50.8 Å². The summed E-state index contributed by atoms with van der Waals surface area (Å²) in [6.45, 7) is 2.28. The molecule has 1 fully saturated rings. The minimum absolute atomic E-state index is 0.285. The second-order valence-electron chi connectivity index (χ2n) is 4.21. The van der Waals surface area contributed by atoms with Crippen molar-refractivity contribution in [2.75, 3.05) is 11.5 Å². The minimum Gasteiger partial charge on any atom is -0.326 e. The smallest absolute Gasteiger partial charge is 0.0321 e. The van der Waals surface area contributed by atoms with Crippen molar-refractivity contribution in [1.82, 2.24) is 0 Å². The van der Waals surface area contributed by atoms with Gasteiger partial charge in [0, 0.05) is 37.4 Å². The first-order valence-corrected chi connectivity index (χ1v) is 9.70. The average Bonchev–Trinajstić information content (AvgIpc) is 2.75. The largest absolute Gasteiger partial charge is 0.326 e.